The number of imide groups is 2. The van der Waals surface area contributed by atoms with Crippen LogP contribution in [0.15, 0.2) is 18.2 Å². The molecule has 2 fully saturated rings. The van der Waals surface area contributed by atoms with E-state index in [0.717, 1.165) is 4.90 Å². The van der Waals surface area contributed by atoms with Gasteiger partial charge >= 0.3 is 5.97 Å². The zero-order valence-corrected chi connectivity index (χ0v) is 19.3. The van der Waals surface area contributed by atoms with Gasteiger partial charge in [-0.15, -0.1) is 0 Å². The van der Waals surface area contributed by atoms with Gasteiger partial charge in [0.05, 0.1) is 36.4 Å². The Hall–Kier alpha value is -3.27. The molecular weight excluding hydrogens is 442 g/mol. The van der Waals surface area contributed by atoms with Gasteiger partial charge in [-0.3, -0.25) is 34.2 Å². The monoisotopic (exact) mass is 471 g/mol. The van der Waals surface area contributed by atoms with Crippen LogP contribution in [0.3, 0.4) is 0 Å². The smallest absolute Gasteiger partial charge is 0.309 e. The molecule has 1 unspecified atom stereocenters. The number of nitrogens with one attached hydrogen (secondary N) is 2. The average Bonchev–Trinajstić information content (AvgIpc) is 3.01. The first-order valence-electron chi connectivity index (χ1n) is 11.6. The summed E-state index contributed by atoms with van der Waals surface area (Å²) < 4.78 is 11.0. The number of carbonyl (C=O) groups is 5. The topological polar surface area (TPSA) is 131 Å². The maximum absolute atomic E-state index is 13.1. The second-order valence-corrected chi connectivity index (χ2v) is 9.29. The maximum Gasteiger partial charge on any atom is 0.309 e. The molecule has 1 aromatic rings. The summed E-state index contributed by atoms with van der Waals surface area (Å²) >= 11 is 0. The van der Waals surface area contributed by atoms with Crippen molar-refractivity contribution in [3.63, 3.8) is 0 Å². The number of anilines is 1. The molecule has 4 rings (SSSR count). The first-order chi connectivity index (χ1) is 16.3. The number of carbonyl (C=O) groups excluding carboxylic acids is 5. The number of amides is 4. The fraction of sp³-hybridized carbons (Fsp3) is 0.542. The third-order valence-corrected chi connectivity index (χ3v) is 6.23. The summed E-state index contributed by atoms with van der Waals surface area (Å²) in [6.45, 7) is 5.17. The van der Waals surface area contributed by atoms with Crippen molar-refractivity contribution in [3.05, 3.63) is 29.3 Å². The van der Waals surface area contributed by atoms with Crippen LogP contribution in [0.4, 0.5) is 5.69 Å². The Balaban J connectivity index is 1.28. The highest BCUT2D eigenvalue weighted by atomic mass is 16.5. The van der Waals surface area contributed by atoms with Gasteiger partial charge in [0.15, 0.2) is 0 Å². The van der Waals surface area contributed by atoms with E-state index in [0.29, 0.717) is 44.2 Å². The largest absolute Gasteiger partial charge is 0.465 e. The highest BCUT2D eigenvalue weighted by molar-refractivity contribution is 6.25. The summed E-state index contributed by atoms with van der Waals surface area (Å²) in [6.07, 6.45) is 1.44. The number of esters is 1. The van der Waals surface area contributed by atoms with E-state index in [9.17, 15) is 24.0 Å². The average molecular weight is 472 g/mol. The van der Waals surface area contributed by atoms with Gasteiger partial charge in [0.2, 0.25) is 11.8 Å². The summed E-state index contributed by atoms with van der Waals surface area (Å²) in [4.78, 5) is 62.5. The van der Waals surface area contributed by atoms with E-state index in [1.807, 2.05) is 13.8 Å². The summed E-state index contributed by atoms with van der Waals surface area (Å²) in [5, 5.41) is 5.33. The zero-order valence-electron chi connectivity index (χ0n) is 19.3. The first-order valence-corrected chi connectivity index (χ1v) is 11.6. The van der Waals surface area contributed by atoms with E-state index < -0.39 is 29.7 Å². The second-order valence-electron chi connectivity index (χ2n) is 9.29. The van der Waals surface area contributed by atoms with E-state index >= 15 is 0 Å². The summed E-state index contributed by atoms with van der Waals surface area (Å²) in [6, 6.07) is 3.92. The standard InChI is InChI=1S/C24H29N3O7/c1-13(2)12-34-24(32)14-10-15(11-14)33-9-8-25-17-5-3-4-16-20(17)23(31)27(22(16)30)18-6-7-19(28)26-21(18)29/h3-5,13-15,18,25H,6-12H2,1-2H3,(H,26,28,29). The van der Waals surface area contributed by atoms with Crippen LogP contribution >= 0.6 is 0 Å². The second kappa shape index (κ2) is 9.92. The molecule has 0 spiro atoms. The van der Waals surface area contributed by atoms with Crippen LogP contribution in [-0.4, -0.2) is 66.4 Å². The number of piperidine rings is 1. The number of ether oxygens (including phenoxy) is 2. The first kappa shape index (κ1) is 23.9. The lowest BCUT2D eigenvalue weighted by Crippen LogP contribution is -2.54. The van der Waals surface area contributed by atoms with Crippen LogP contribution in [0, 0.1) is 11.8 Å². The lowest BCUT2D eigenvalue weighted by Gasteiger charge is -2.33. The molecule has 10 heteroatoms. The third kappa shape index (κ3) is 4.82. The van der Waals surface area contributed by atoms with Crippen LogP contribution in [0.25, 0.3) is 0 Å². The zero-order chi connectivity index (χ0) is 24.4. The predicted octanol–water partition coefficient (Wildman–Crippen LogP) is 1.49. The minimum absolute atomic E-state index is 0.00823. The summed E-state index contributed by atoms with van der Waals surface area (Å²) in [5.41, 5.74) is 0.925. The fourth-order valence-electron chi connectivity index (χ4n) is 4.33. The third-order valence-electron chi connectivity index (χ3n) is 6.23. The Morgan fingerprint density at radius 1 is 1.18 bits per heavy atom. The summed E-state index contributed by atoms with van der Waals surface area (Å²) in [5.74, 6) is -2.13. The molecule has 0 radical (unpaired) electrons. The number of hydrogen-bond acceptors (Lipinski definition) is 8. The molecule has 0 aromatic heterocycles. The van der Waals surface area contributed by atoms with Crippen LogP contribution in [0.1, 0.15) is 60.2 Å². The highest BCUT2D eigenvalue weighted by Gasteiger charge is 2.45. The van der Waals surface area contributed by atoms with Gasteiger partial charge in [-0.25, -0.2) is 0 Å². The summed E-state index contributed by atoms with van der Waals surface area (Å²) in [7, 11) is 0. The van der Waals surface area contributed by atoms with E-state index in [-0.39, 0.29) is 42.0 Å². The molecule has 4 amide bonds. The number of nitrogens with zero attached hydrogens (tertiary/aromatic N) is 1. The minimum Gasteiger partial charge on any atom is -0.465 e. The molecule has 1 saturated carbocycles. The van der Waals surface area contributed by atoms with Crippen LogP contribution in [-0.2, 0) is 23.9 Å². The van der Waals surface area contributed by atoms with Gasteiger partial charge in [-0.2, -0.15) is 0 Å². The molecule has 34 heavy (non-hydrogen) atoms. The van der Waals surface area contributed by atoms with Gasteiger partial charge in [0, 0.05) is 18.7 Å². The molecule has 182 valence electrons. The van der Waals surface area contributed by atoms with Crippen LogP contribution in [0.2, 0.25) is 0 Å². The van der Waals surface area contributed by atoms with Gasteiger partial charge < -0.3 is 14.8 Å². The number of benzene rings is 1. The molecule has 3 aliphatic rings. The Morgan fingerprint density at radius 3 is 2.65 bits per heavy atom. The normalized spacial score (nSPS) is 24.1. The quantitative estimate of drug-likeness (QED) is 0.315. The van der Waals surface area contributed by atoms with Crippen molar-refractivity contribution in [2.45, 2.75) is 51.7 Å². The Bertz CT molecular complexity index is 1020. The van der Waals surface area contributed by atoms with Crippen molar-refractivity contribution in [3.8, 4) is 0 Å². The van der Waals surface area contributed by atoms with Crippen molar-refractivity contribution < 1.29 is 33.4 Å². The maximum atomic E-state index is 13.1. The Kier molecular flexibility index (Phi) is 6.97. The number of fused-ring (bicyclic) bond motifs is 1. The highest BCUT2D eigenvalue weighted by Crippen LogP contribution is 2.33. The molecule has 10 nitrogen and oxygen atoms in total. The molecule has 2 N–H and O–H groups in total. The molecule has 1 aliphatic carbocycles. The van der Waals surface area contributed by atoms with Crippen LogP contribution < -0.4 is 10.6 Å². The van der Waals surface area contributed by atoms with Crippen molar-refractivity contribution in [2.75, 3.05) is 25.1 Å². The van der Waals surface area contributed by atoms with E-state index in [2.05, 4.69) is 10.6 Å². The SMILES string of the molecule is CC(C)COC(=O)C1CC(OCCNc2cccc3c2C(=O)N(C2CCC(=O)NC2=O)C3=O)C1. The molecule has 1 atom stereocenters. The van der Waals surface area contributed by atoms with Gasteiger partial charge in [-0.1, -0.05) is 19.9 Å². The molecule has 2 aliphatic heterocycles. The number of hydrogen-bond donors (Lipinski definition) is 2. The molecule has 2 heterocycles. The Labute approximate surface area is 197 Å². The fourth-order valence-corrected chi connectivity index (χ4v) is 4.33. The van der Waals surface area contributed by atoms with Gasteiger partial charge in [-0.05, 0) is 37.3 Å². The molecule has 1 saturated heterocycles. The van der Waals surface area contributed by atoms with Crippen molar-refractivity contribution >= 4 is 35.3 Å². The minimum atomic E-state index is -1.000. The van der Waals surface area contributed by atoms with Crippen molar-refractivity contribution in [1.29, 1.82) is 0 Å². The molecule has 0 bridgehead atoms. The predicted molar refractivity (Wildman–Crippen MR) is 120 cm³/mol. The van der Waals surface area contributed by atoms with E-state index in [1.165, 1.54) is 0 Å². The van der Waals surface area contributed by atoms with Crippen LogP contribution in [0.5, 0.6) is 0 Å². The van der Waals surface area contributed by atoms with E-state index in [4.69, 9.17) is 9.47 Å². The lowest BCUT2D eigenvalue weighted by molar-refractivity contribution is -0.158. The van der Waals surface area contributed by atoms with Gasteiger partial charge in [0.25, 0.3) is 11.8 Å². The molecule has 1 aromatic carbocycles. The van der Waals surface area contributed by atoms with Crippen molar-refractivity contribution in [2.24, 2.45) is 11.8 Å². The Morgan fingerprint density at radius 2 is 1.94 bits per heavy atom. The number of rotatable bonds is 9. The van der Waals surface area contributed by atoms with E-state index in [1.54, 1.807) is 18.2 Å². The molecular formula is C24H29N3O7. The van der Waals surface area contributed by atoms with Gasteiger partial charge in [0.1, 0.15) is 6.04 Å². The van der Waals surface area contributed by atoms with Crippen molar-refractivity contribution in [1.82, 2.24) is 10.2 Å². The lowest BCUT2D eigenvalue weighted by atomic mass is 9.82.